The summed E-state index contributed by atoms with van der Waals surface area (Å²) < 4.78 is 78.9. The Morgan fingerprint density at radius 1 is 0.882 bits per heavy atom. The molecule has 5 nitrogen and oxygen atoms in total. The van der Waals surface area contributed by atoms with E-state index in [4.69, 9.17) is 0 Å². The molecule has 0 unspecified atom stereocenters. The van der Waals surface area contributed by atoms with Crippen molar-refractivity contribution < 1.29 is 35.9 Å². The molecular formula is C23H21F6N3O2. The number of hydrogen-bond donors (Lipinski definition) is 3. The highest BCUT2D eigenvalue weighted by molar-refractivity contribution is 6.03. The van der Waals surface area contributed by atoms with Gasteiger partial charge in [-0.1, -0.05) is 30.3 Å². The molecule has 0 spiro atoms. The molecule has 1 aliphatic rings. The minimum Gasteiger partial charge on any atom is -0.338 e. The minimum absolute atomic E-state index is 0.0217. The summed E-state index contributed by atoms with van der Waals surface area (Å²) in [6.45, 7) is 0.624. The number of nitrogens with one attached hydrogen (secondary N) is 3. The van der Waals surface area contributed by atoms with Gasteiger partial charge in [0.1, 0.15) is 5.54 Å². The van der Waals surface area contributed by atoms with E-state index in [0.29, 0.717) is 25.2 Å². The van der Waals surface area contributed by atoms with E-state index in [2.05, 4.69) is 16.0 Å². The largest absolute Gasteiger partial charge is 0.416 e. The summed E-state index contributed by atoms with van der Waals surface area (Å²) in [5.74, 6) is -1.52. The Morgan fingerprint density at radius 3 is 1.97 bits per heavy atom. The fourth-order valence-corrected chi connectivity index (χ4v) is 3.55. The van der Waals surface area contributed by atoms with E-state index < -0.39 is 46.5 Å². The molecule has 1 heterocycles. The number of anilines is 1. The highest BCUT2D eigenvalue weighted by atomic mass is 19.4. The summed E-state index contributed by atoms with van der Waals surface area (Å²) >= 11 is 0. The average molecular weight is 485 g/mol. The van der Waals surface area contributed by atoms with Crippen LogP contribution in [0.5, 0.6) is 0 Å². The molecule has 2 aromatic carbocycles. The van der Waals surface area contributed by atoms with Crippen LogP contribution >= 0.6 is 0 Å². The lowest BCUT2D eigenvalue weighted by atomic mass is 9.87. The van der Waals surface area contributed by atoms with Gasteiger partial charge in [-0.05, 0) is 55.8 Å². The van der Waals surface area contributed by atoms with Gasteiger partial charge in [-0.2, -0.15) is 26.3 Å². The first-order valence-electron chi connectivity index (χ1n) is 10.3. The molecule has 0 aliphatic carbocycles. The summed E-state index contributed by atoms with van der Waals surface area (Å²) in [7, 11) is 0. The zero-order valence-corrected chi connectivity index (χ0v) is 17.7. The highest BCUT2D eigenvalue weighted by Crippen LogP contribution is 2.37. The number of carbonyl (C=O) groups excluding carboxylic acids is 2. The van der Waals surface area contributed by atoms with Crippen molar-refractivity contribution in [3.63, 3.8) is 0 Å². The number of alkyl halides is 6. The van der Waals surface area contributed by atoms with Gasteiger partial charge in [-0.15, -0.1) is 0 Å². The van der Waals surface area contributed by atoms with Crippen LogP contribution in [-0.2, 0) is 21.9 Å². The van der Waals surface area contributed by atoms with E-state index in [0.717, 1.165) is 5.56 Å². The van der Waals surface area contributed by atoms with E-state index >= 15 is 0 Å². The van der Waals surface area contributed by atoms with Gasteiger partial charge >= 0.3 is 12.4 Å². The fraction of sp³-hybridized carbons (Fsp3) is 0.304. The second kappa shape index (κ2) is 9.88. The summed E-state index contributed by atoms with van der Waals surface area (Å²) in [5.41, 5.74) is -4.56. The number of hydrogen-bond acceptors (Lipinski definition) is 3. The number of halogens is 6. The first-order chi connectivity index (χ1) is 15.9. The number of carbonyl (C=O) groups is 2. The van der Waals surface area contributed by atoms with Crippen molar-refractivity contribution in [3.05, 3.63) is 71.3 Å². The minimum atomic E-state index is -5.05. The third kappa shape index (κ3) is 6.37. The molecule has 0 bridgehead atoms. The zero-order chi connectivity index (χ0) is 25.0. The predicted molar refractivity (Wildman–Crippen MR) is 114 cm³/mol. The van der Waals surface area contributed by atoms with Gasteiger partial charge < -0.3 is 16.0 Å². The lowest BCUT2D eigenvalue weighted by molar-refractivity contribution is -0.143. The maximum atomic E-state index is 13.1. The predicted octanol–water partition coefficient (Wildman–Crippen LogP) is 4.61. The molecule has 3 rings (SSSR count). The maximum Gasteiger partial charge on any atom is 0.416 e. The Balaban J connectivity index is 1.86. The molecular weight excluding hydrogens is 464 g/mol. The first kappa shape index (κ1) is 25.3. The Hall–Kier alpha value is -3.34. The van der Waals surface area contributed by atoms with Crippen molar-refractivity contribution in [2.75, 3.05) is 18.4 Å². The lowest BCUT2D eigenvalue weighted by Gasteiger charge is -2.36. The number of amides is 2. The second-order valence-corrected chi connectivity index (χ2v) is 7.81. The van der Waals surface area contributed by atoms with Crippen LogP contribution in [-0.4, -0.2) is 30.4 Å². The van der Waals surface area contributed by atoms with Crippen molar-refractivity contribution in [1.29, 1.82) is 0 Å². The van der Waals surface area contributed by atoms with Gasteiger partial charge in [0.15, 0.2) is 0 Å². The maximum absolute atomic E-state index is 13.1. The Labute approximate surface area is 191 Å². The van der Waals surface area contributed by atoms with Crippen LogP contribution in [0.3, 0.4) is 0 Å². The van der Waals surface area contributed by atoms with Gasteiger partial charge in [0.05, 0.1) is 11.1 Å². The SMILES string of the molecule is O=C(C=Cc1ccccc1)NC1(C(=O)Nc2cc(C(F)(F)F)cc(C(F)(F)F)c2)CCNCC1. The first-order valence-corrected chi connectivity index (χ1v) is 10.3. The molecule has 1 aliphatic heterocycles. The molecule has 0 radical (unpaired) electrons. The molecule has 1 saturated heterocycles. The Kier molecular flexibility index (Phi) is 7.35. The molecule has 34 heavy (non-hydrogen) atoms. The normalized spacial score (nSPS) is 16.3. The van der Waals surface area contributed by atoms with Gasteiger partial charge in [0, 0.05) is 11.8 Å². The zero-order valence-electron chi connectivity index (χ0n) is 17.7. The number of benzene rings is 2. The summed E-state index contributed by atoms with van der Waals surface area (Å²) in [5, 5.41) is 7.74. The van der Waals surface area contributed by atoms with Gasteiger partial charge in [-0.25, -0.2) is 0 Å². The van der Waals surface area contributed by atoms with Crippen molar-refractivity contribution >= 4 is 23.6 Å². The molecule has 0 aromatic heterocycles. The number of piperidine rings is 1. The molecule has 182 valence electrons. The van der Waals surface area contributed by atoms with Gasteiger partial charge in [-0.3, -0.25) is 9.59 Å². The van der Waals surface area contributed by atoms with Crippen LogP contribution in [0.1, 0.15) is 29.5 Å². The molecule has 2 aromatic rings. The van der Waals surface area contributed by atoms with E-state index in [9.17, 15) is 35.9 Å². The average Bonchev–Trinajstić information content (AvgIpc) is 2.77. The fourth-order valence-electron chi connectivity index (χ4n) is 3.55. The van der Waals surface area contributed by atoms with Crippen molar-refractivity contribution in [3.8, 4) is 0 Å². The van der Waals surface area contributed by atoms with Crippen molar-refractivity contribution in [2.24, 2.45) is 0 Å². The van der Waals surface area contributed by atoms with Gasteiger partial charge in [0.25, 0.3) is 0 Å². The lowest BCUT2D eigenvalue weighted by Crippen LogP contribution is -2.61. The third-order valence-electron chi connectivity index (χ3n) is 5.33. The summed E-state index contributed by atoms with van der Waals surface area (Å²) in [6.07, 6.45) is -7.19. The van der Waals surface area contributed by atoms with E-state index in [1.54, 1.807) is 30.3 Å². The third-order valence-corrected chi connectivity index (χ3v) is 5.33. The van der Waals surface area contributed by atoms with Crippen LogP contribution < -0.4 is 16.0 Å². The van der Waals surface area contributed by atoms with Crippen LogP contribution in [0, 0.1) is 0 Å². The summed E-state index contributed by atoms with van der Waals surface area (Å²) in [6, 6.07) is 9.67. The smallest absolute Gasteiger partial charge is 0.338 e. The topological polar surface area (TPSA) is 70.2 Å². The standard InChI is InChI=1S/C23H21F6N3O2/c24-22(25,26)16-12-17(23(27,28)29)14-18(13-16)31-20(34)21(8-10-30-11-9-21)32-19(33)7-6-15-4-2-1-3-5-15/h1-7,12-14,30H,8-11H2,(H,31,34)(H,32,33). The van der Waals surface area contributed by atoms with Crippen molar-refractivity contribution in [2.45, 2.75) is 30.7 Å². The van der Waals surface area contributed by atoms with Crippen LogP contribution in [0.25, 0.3) is 6.08 Å². The van der Waals surface area contributed by atoms with E-state index in [1.165, 1.54) is 12.2 Å². The monoisotopic (exact) mass is 485 g/mol. The van der Waals surface area contributed by atoms with Crippen molar-refractivity contribution in [1.82, 2.24) is 10.6 Å². The molecule has 2 amide bonds. The van der Waals surface area contributed by atoms with Crippen LogP contribution in [0.2, 0.25) is 0 Å². The molecule has 0 atom stereocenters. The Morgan fingerprint density at radius 2 is 1.44 bits per heavy atom. The molecule has 1 fully saturated rings. The van der Waals surface area contributed by atoms with Gasteiger partial charge in [0.2, 0.25) is 11.8 Å². The Bertz CT molecular complexity index is 1030. The quantitative estimate of drug-likeness (QED) is 0.428. The van der Waals surface area contributed by atoms with E-state index in [-0.39, 0.29) is 18.9 Å². The van der Waals surface area contributed by atoms with E-state index in [1.807, 2.05) is 0 Å². The molecule has 11 heteroatoms. The molecule has 3 N–H and O–H groups in total. The summed E-state index contributed by atoms with van der Waals surface area (Å²) in [4.78, 5) is 25.6. The van der Waals surface area contributed by atoms with Crippen LogP contribution in [0.4, 0.5) is 32.0 Å². The number of rotatable bonds is 5. The van der Waals surface area contributed by atoms with Crippen LogP contribution in [0.15, 0.2) is 54.6 Å². The highest BCUT2D eigenvalue weighted by Gasteiger charge is 2.42. The second-order valence-electron chi connectivity index (χ2n) is 7.81. The molecule has 0 saturated carbocycles.